The second kappa shape index (κ2) is 15.5. The summed E-state index contributed by atoms with van der Waals surface area (Å²) in [5, 5.41) is 7.83. The molecule has 0 amide bonds. The summed E-state index contributed by atoms with van der Waals surface area (Å²) in [6.45, 7) is 0. The van der Waals surface area contributed by atoms with E-state index in [4.69, 9.17) is 9.97 Å². The lowest BCUT2D eigenvalue weighted by Crippen LogP contribution is -2.06. The van der Waals surface area contributed by atoms with Gasteiger partial charge >= 0.3 is 0 Å². The van der Waals surface area contributed by atoms with Crippen LogP contribution >= 0.6 is 0 Å². The Labute approximate surface area is 367 Å². The summed E-state index contributed by atoms with van der Waals surface area (Å²) in [4.78, 5) is 10.4. The molecule has 1 aliphatic rings. The topological polar surface area (TPSA) is 30.7 Å². The van der Waals surface area contributed by atoms with Gasteiger partial charge in [0.25, 0.3) is 0 Å². The van der Waals surface area contributed by atoms with Crippen molar-refractivity contribution in [3.8, 4) is 50.7 Å². The van der Waals surface area contributed by atoms with Gasteiger partial charge in [-0.15, -0.1) is 0 Å². The lowest BCUT2D eigenvalue weighted by molar-refractivity contribution is 0.629. The zero-order valence-corrected chi connectivity index (χ0v) is 34.8. The van der Waals surface area contributed by atoms with Crippen molar-refractivity contribution < 1.29 is 0 Å². The number of hydrogen-bond donors (Lipinski definition) is 0. The number of nitrogens with zero attached hydrogens (tertiary/aromatic N) is 3. The average Bonchev–Trinajstić information content (AvgIpc) is 3.70. The Hall–Kier alpha value is -7.88. The van der Waals surface area contributed by atoms with Gasteiger partial charge in [-0.25, -0.2) is 9.97 Å². The van der Waals surface area contributed by atoms with Gasteiger partial charge in [0.05, 0.1) is 22.4 Å². The molecule has 2 heterocycles. The molecule has 1 atom stereocenters. The molecule has 0 bridgehead atoms. The van der Waals surface area contributed by atoms with Crippen LogP contribution in [0.15, 0.2) is 212 Å². The number of rotatable bonds is 8. The number of hydrogen-bond acceptors (Lipinski definition) is 2. The van der Waals surface area contributed by atoms with Crippen LogP contribution in [0.5, 0.6) is 0 Å². The Kier molecular flexibility index (Phi) is 9.11. The molecule has 0 fully saturated rings. The standard InChI is InChI=1S/C60H43N3/c1-3-16-42(17-4-1)55-39-56(62-60(61-55)45-18-5-2-6-19-45)49-36-48(37-50(38-49)63-57-27-11-9-25-53(57)54-26-10-12-28-58(54)63)46-33-34-51-40(20-13-23-47(51)35-46)29-31-43-21-14-22-44-32-30-41-15-7-8-24-52(41)59(43)44/h1-19,21-28,30,32-40H,20,29,31H2. The summed E-state index contributed by atoms with van der Waals surface area (Å²) in [5.74, 6) is 1.15. The number of fused-ring (bicyclic) bond motifs is 7. The lowest BCUT2D eigenvalue weighted by atomic mass is 9.81. The van der Waals surface area contributed by atoms with E-state index in [-0.39, 0.29) is 0 Å². The maximum Gasteiger partial charge on any atom is 0.160 e. The van der Waals surface area contributed by atoms with Gasteiger partial charge in [0.2, 0.25) is 0 Å². The summed E-state index contributed by atoms with van der Waals surface area (Å²) in [6.07, 6.45) is 7.89. The molecule has 0 saturated heterocycles. The van der Waals surface area contributed by atoms with E-state index in [1.165, 1.54) is 65.6 Å². The van der Waals surface area contributed by atoms with E-state index in [9.17, 15) is 0 Å². The summed E-state index contributed by atoms with van der Waals surface area (Å²) < 4.78 is 2.42. The summed E-state index contributed by atoms with van der Waals surface area (Å²) in [7, 11) is 0. The van der Waals surface area contributed by atoms with E-state index in [1.807, 2.05) is 12.1 Å². The smallest absolute Gasteiger partial charge is 0.160 e. The fourth-order valence-electron chi connectivity index (χ4n) is 10.0. The van der Waals surface area contributed by atoms with Gasteiger partial charge in [0, 0.05) is 33.2 Å². The molecule has 298 valence electrons. The van der Waals surface area contributed by atoms with Crippen LogP contribution in [0.3, 0.4) is 0 Å². The zero-order valence-electron chi connectivity index (χ0n) is 34.8. The molecule has 0 aliphatic heterocycles. The second-order valence-electron chi connectivity index (χ2n) is 16.9. The van der Waals surface area contributed by atoms with E-state index < -0.39 is 0 Å². The van der Waals surface area contributed by atoms with Crippen LogP contribution in [0, 0.1) is 0 Å². The number of aryl methyl sites for hydroxylation is 1. The Morgan fingerprint density at radius 2 is 1.10 bits per heavy atom. The molecule has 9 aromatic carbocycles. The minimum atomic E-state index is 0.442. The molecular weight excluding hydrogens is 763 g/mol. The molecule has 1 aliphatic carbocycles. The minimum absolute atomic E-state index is 0.442. The van der Waals surface area contributed by atoms with Crippen LogP contribution in [0.1, 0.15) is 35.4 Å². The highest BCUT2D eigenvalue weighted by Gasteiger charge is 2.21. The van der Waals surface area contributed by atoms with Crippen molar-refractivity contribution in [2.24, 2.45) is 0 Å². The first-order valence-corrected chi connectivity index (χ1v) is 22.1. The SMILES string of the molecule is C1=Cc2cc(-c3cc(-c4cc(-c5ccccc5)nc(-c5ccccc5)n4)cc(-n4c5ccccc5c5ccccc54)c3)ccc2C(CCc2cccc3ccc4ccccc4c23)C1. The van der Waals surface area contributed by atoms with Crippen molar-refractivity contribution in [1.29, 1.82) is 0 Å². The van der Waals surface area contributed by atoms with E-state index in [0.717, 1.165) is 58.6 Å². The van der Waals surface area contributed by atoms with Crippen molar-refractivity contribution >= 4 is 49.4 Å². The fourth-order valence-corrected chi connectivity index (χ4v) is 10.0. The number of aromatic nitrogens is 3. The van der Waals surface area contributed by atoms with Crippen LogP contribution in [0.2, 0.25) is 0 Å². The first-order chi connectivity index (χ1) is 31.2. The maximum atomic E-state index is 5.31. The molecule has 0 N–H and O–H groups in total. The quantitative estimate of drug-likeness (QED) is 0.143. The summed E-state index contributed by atoms with van der Waals surface area (Å²) >= 11 is 0. The molecule has 11 aromatic rings. The van der Waals surface area contributed by atoms with E-state index in [2.05, 4.69) is 211 Å². The van der Waals surface area contributed by atoms with Gasteiger partial charge < -0.3 is 4.57 Å². The average molecular weight is 806 g/mol. The van der Waals surface area contributed by atoms with Crippen LogP contribution in [0.4, 0.5) is 0 Å². The summed E-state index contributed by atoms with van der Waals surface area (Å²) in [6, 6.07) is 74.7. The Morgan fingerprint density at radius 1 is 0.460 bits per heavy atom. The number of benzene rings is 9. The Balaban J connectivity index is 0.986. The van der Waals surface area contributed by atoms with Gasteiger partial charge in [0.1, 0.15) is 0 Å². The first-order valence-electron chi connectivity index (χ1n) is 22.1. The van der Waals surface area contributed by atoms with Crippen molar-refractivity contribution in [3.63, 3.8) is 0 Å². The van der Waals surface area contributed by atoms with E-state index in [1.54, 1.807) is 0 Å². The molecule has 1 unspecified atom stereocenters. The number of allylic oxidation sites excluding steroid dienone is 1. The molecule has 63 heavy (non-hydrogen) atoms. The molecule has 0 radical (unpaired) electrons. The van der Waals surface area contributed by atoms with Gasteiger partial charge in [-0.2, -0.15) is 0 Å². The van der Waals surface area contributed by atoms with Crippen molar-refractivity contribution in [1.82, 2.24) is 14.5 Å². The van der Waals surface area contributed by atoms with E-state index in [0.29, 0.717) is 11.7 Å². The monoisotopic (exact) mass is 805 g/mol. The zero-order chi connectivity index (χ0) is 41.7. The maximum absolute atomic E-state index is 5.31. The number of para-hydroxylation sites is 2. The van der Waals surface area contributed by atoms with Gasteiger partial charge in [0.15, 0.2) is 5.82 Å². The highest BCUT2D eigenvalue weighted by atomic mass is 15.0. The van der Waals surface area contributed by atoms with Crippen molar-refractivity contribution in [2.45, 2.75) is 25.2 Å². The third-order valence-electron chi connectivity index (χ3n) is 13.1. The predicted molar refractivity (Wildman–Crippen MR) is 264 cm³/mol. The van der Waals surface area contributed by atoms with E-state index >= 15 is 0 Å². The first kappa shape index (κ1) is 36.9. The third kappa shape index (κ3) is 6.70. The molecular formula is C60H43N3. The molecule has 3 heteroatoms. The minimum Gasteiger partial charge on any atom is -0.309 e. The van der Waals surface area contributed by atoms with Gasteiger partial charge in [-0.1, -0.05) is 176 Å². The third-order valence-corrected chi connectivity index (χ3v) is 13.1. The Morgan fingerprint density at radius 3 is 1.87 bits per heavy atom. The molecule has 0 saturated carbocycles. The lowest BCUT2D eigenvalue weighted by Gasteiger charge is -2.23. The van der Waals surface area contributed by atoms with Crippen LogP contribution in [0.25, 0.3) is 100 Å². The van der Waals surface area contributed by atoms with Crippen molar-refractivity contribution in [3.05, 3.63) is 229 Å². The van der Waals surface area contributed by atoms with Crippen LogP contribution in [-0.2, 0) is 6.42 Å². The Bertz CT molecular complexity index is 3430. The molecule has 12 rings (SSSR count). The van der Waals surface area contributed by atoms with Crippen LogP contribution < -0.4 is 0 Å². The largest absolute Gasteiger partial charge is 0.309 e. The fraction of sp³-hybridized carbons (Fsp3) is 0.0667. The molecule has 3 nitrogen and oxygen atoms in total. The summed E-state index contributed by atoms with van der Waals surface area (Å²) in [5.41, 5.74) is 14.8. The normalized spacial score (nSPS) is 13.6. The molecule has 2 aromatic heterocycles. The highest BCUT2D eigenvalue weighted by Crippen LogP contribution is 2.40. The second-order valence-corrected chi connectivity index (χ2v) is 16.9. The van der Waals surface area contributed by atoms with Gasteiger partial charge in [-0.3, -0.25) is 0 Å². The highest BCUT2D eigenvalue weighted by molar-refractivity contribution is 6.10. The van der Waals surface area contributed by atoms with Crippen molar-refractivity contribution in [2.75, 3.05) is 0 Å². The van der Waals surface area contributed by atoms with Gasteiger partial charge in [-0.05, 0) is 117 Å². The van der Waals surface area contributed by atoms with Crippen LogP contribution in [-0.4, -0.2) is 14.5 Å². The molecule has 0 spiro atoms. The predicted octanol–water partition coefficient (Wildman–Crippen LogP) is 15.7.